The van der Waals surface area contributed by atoms with Crippen molar-refractivity contribution in [2.45, 2.75) is 129 Å². The fourth-order valence-corrected chi connectivity index (χ4v) is 6.42. The van der Waals surface area contributed by atoms with Gasteiger partial charge >= 0.3 is 0 Å². The lowest BCUT2D eigenvalue weighted by Gasteiger charge is -2.30. The molecule has 63 heavy (non-hydrogen) atoms. The molecule has 0 radical (unpaired) electrons. The Balaban J connectivity index is 2.76. The van der Waals surface area contributed by atoms with Crippen molar-refractivity contribution in [1.29, 1.82) is 0 Å². The lowest BCUT2D eigenvalue weighted by atomic mass is 9.99. The summed E-state index contributed by atoms with van der Waals surface area (Å²) in [4.78, 5) is 132. The van der Waals surface area contributed by atoms with Crippen LogP contribution in [0.2, 0.25) is 0 Å². The zero-order valence-corrected chi connectivity index (χ0v) is 36.3. The number of rotatable bonds is 18. The summed E-state index contributed by atoms with van der Waals surface area (Å²) in [7, 11) is 0. The SMILES string of the molecule is CC(=O)N(O)CCC[C@@H]1NC(=O)[C@H](CCCN(O)C(C)=O)NC(=O)[C@H](Cc2ccccc2)NC(=O)[C@H](CC(C)C)NC(=O)[C@H](CC(N)=O)NC(=O)[C@H](CCCN(O)C(C)=O)NC1=O. The van der Waals surface area contributed by atoms with Crippen molar-refractivity contribution in [2.75, 3.05) is 19.6 Å². The Morgan fingerprint density at radius 2 is 0.857 bits per heavy atom. The van der Waals surface area contributed by atoms with Crippen molar-refractivity contribution in [2.24, 2.45) is 11.7 Å². The number of hydroxylamine groups is 6. The summed E-state index contributed by atoms with van der Waals surface area (Å²) in [5.41, 5.74) is 6.05. The first-order chi connectivity index (χ1) is 29.6. The molecule has 0 spiro atoms. The molecule has 1 heterocycles. The Morgan fingerprint density at radius 1 is 0.540 bits per heavy atom. The molecule has 0 saturated carbocycles. The first kappa shape index (κ1) is 52.9. The van der Waals surface area contributed by atoms with Gasteiger partial charge in [-0.2, -0.15) is 0 Å². The molecule has 1 fully saturated rings. The molecular formula is C40H62N10O13. The van der Waals surface area contributed by atoms with Crippen LogP contribution >= 0.6 is 0 Å². The Kier molecular flexibility index (Phi) is 22.1. The fraction of sp³-hybridized carbons (Fsp3) is 0.600. The molecule has 1 saturated heterocycles. The van der Waals surface area contributed by atoms with Gasteiger partial charge in [0.05, 0.1) is 6.42 Å². The van der Waals surface area contributed by atoms with E-state index in [1.165, 1.54) is 0 Å². The van der Waals surface area contributed by atoms with E-state index in [0.717, 1.165) is 20.8 Å². The van der Waals surface area contributed by atoms with Crippen LogP contribution < -0.4 is 37.6 Å². The highest BCUT2D eigenvalue weighted by Crippen LogP contribution is 2.12. The van der Waals surface area contributed by atoms with E-state index in [-0.39, 0.29) is 76.9 Å². The van der Waals surface area contributed by atoms with Gasteiger partial charge in [0.15, 0.2) is 0 Å². The first-order valence-electron chi connectivity index (χ1n) is 20.6. The summed E-state index contributed by atoms with van der Waals surface area (Å²) in [6, 6.07) is -0.468. The van der Waals surface area contributed by atoms with E-state index >= 15 is 0 Å². The van der Waals surface area contributed by atoms with Gasteiger partial charge in [-0.05, 0) is 56.4 Å². The van der Waals surface area contributed by atoms with E-state index < -0.39 is 102 Å². The third kappa shape index (κ3) is 19.2. The third-order valence-electron chi connectivity index (χ3n) is 9.87. The average Bonchev–Trinajstić information content (AvgIpc) is 3.20. The van der Waals surface area contributed by atoms with Crippen molar-refractivity contribution in [3.8, 4) is 0 Å². The Hall–Kier alpha value is -6.20. The molecule has 11 N–H and O–H groups in total. The molecule has 10 amide bonds. The fourth-order valence-electron chi connectivity index (χ4n) is 6.42. The lowest BCUT2D eigenvalue weighted by Crippen LogP contribution is -2.62. The highest BCUT2D eigenvalue weighted by atomic mass is 16.5. The van der Waals surface area contributed by atoms with E-state index in [1.54, 1.807) is 44.2 Å². The Labute approximate surface area is 365 Å². The van der Waals surface area contributed by atoms with Crippen molar-refractivity contribution >= 4 is 59.1 Å². The van der Waals surface area contributed by atoms with Crippen LogP contribution in [0.3, 0.4) is 0 Å². The smallest absolute Gasteiger partial charge is 0.243 e. The van der Waals surface area contributed by atoms with Crippen LogP contribution in [-0.2, 0) is 54.4 Å². The van der Waals surface area contributed by atoms with Crippen LogP contribution in [0.15, 0.2) is 30.3 Å². The van der Waals surface area contributed by atoms with E-state index in [1.807, 2.05) is 0 Å². The number of carbonyl (C=O) groups is 10. The highest BCUT2D eigenvalue weighted by molar-refractivity contribution is 5.99. The quantitative estimate of drug-likeness (QED) is 0.0571. The van der Waals surface area contributed by atoms with Crippen LogP contribution in [0.5, 0.6) is 0 Å². The molecule has 2 rings (SSSR count). The number of nitrogens with zero attached hydrogens (tertiary/aromatic N) is 3. The summed E-state index contributed by atoms with van der Waals surface area (Å²) in [5, 5.41) is 46.4. The molecule has 23 heteroatoms. The van der Waals surface area contributed by atoms with Gasteiger partial charge in [-0.1, -0.05) is 44.2 Å². The van der Waals surface area contributed by atoms with Crippen LogP contribution in [0.25, 0.3) is 0 Å². The Bertz CT molecular complexity index is 1780. The van der Waals surface area contributed by atoms with Gasteiger partial charge in [-0.3, -0.25) is 63.6 Å². The van der Waals surface area contributed by atoms with Crippen molar-refractivity contribution in [3.63, 3.8) is 0 Å². The van der Waals surface area contributed by atoms with Gasteiger partial charge in [0.25, 0.3) is 0 Å². The number of nitrogens with one attached hydrogen (secondary N) is 6. The second kappa shape index (κ2) is 26.3. The van der Waals surface area contributed by atoms with E-state index in [2.05, 4.69) is 31.9 Å². The van der Waals surface area contributed by atoms with Crippen molar-refractivity contribution in [3.05, 3.63) is 35.9 Å². The predicted molar refractivity (Wildman–Crippen MR) is 220 cm³/mol. The maximum absolute atomic E-state index is 14.2. The average molecular weight is 891 g/mol. The van der Waals surface area contributed by atoms with Crippen LogP contribution in [0, 0.1) is 5.92 Å². The maximum atomic E-state index is 14.2. The lowest BCUT2D eigenvalue weighted by molar-refractivity contribution is -0.163. The second-order valence-corrected chi connectivity index (χ2v) is 15.7. The second-order valence-electron chi connectivity index (χ2n) is 15.7. The number of hydrogen-bond acceptors (Lipinski definition) is 13. The maximum Gasteiger partial charge on any atom is 0.243 e. The molecule has 23 nitrogen and oxygen atoms in total. The Morgan fingerprint density at radius 3 is 1.22 bits per heavy atom. The molecule has 1 aliphatic heterocycles. The van der Waals surface area contributed by atoms with Crippen LogP contribution in [0.1, 0.15) is 91.5 Å². The van der Waals surface area contributed by atoms with Gasteiger partial charge in [-0.15, -0.1) is 0 Å². The van der Waals surface area contributed by atoms with E-state index in [4.69, 9.17) is 5.73 Å². The monoisotopic (exact) mass is 890 g/mol. The standard InChI is InChI=1S/C40H62N10O13/c1-23(2)20-31-38(58)46-32(21-27-12-7-6-8-13-27)39(59)44-29(15-10-18-49(62)25(4)52)36(56)42-28(14-9-17-48(61)24(3)51)35(55)43-30(16-11-19-50(63)26(5)53)37(57)47-33(22-34(41)54)40(60)45-31/h6-8,12-13,23,28-33,61-63H,9-11,14-22H2,1-5H3,(H2,41,54)(H,42,56)(H,43,55)(H,44,59)(H,45,60)(H,46,58)(H,47,57)/t28-,29-,30-,31-,32-,33-/m0/s1. The van der Waals surface area contributed by atoms with E-state index in [0.29, 0.717) is 20.8 Å². The summed E-state index contributed by atoms with van der Waals surface area (Å²) in [6.45, 7) is 5.93. The van der Waals surface area contributed by atoms with Crippen molar-refractivity contribution in [1.82, 2.24) is 47.1 Å². The van der Waals surface area contributed by atoms with E-state index in [9.17, 15) is 63.6 Å². The number of nitrogens with two attached hydrogens (primary N) is 1. The molecule has 6 atom stereocenters. The number of primary amides is 1. The zero-order chi connectivity index (χ0) is 47.4. The zero-order valence-electron chi connectivity index (χ0n) is 36.3. The summed E-state index contributed by atoms with van der Waals surface area (Å²) in [6.07, 6.45) is -1.87. The van der Waals surface area contributed by atoms with Gasteiger partial charge in [0, 0.05) is 46.8 Å². The minimum absolute atomic E-state index is 0.0155. The van der Waals surface area contributed by atoms with Crippen LogP contribution in [-0.4, -0.2) is 146 Å². The molecule has 0 aliphatic carbocycles. The summed E-state index contributed by atoms with van der Waals surface area (Å²) >= 11 is 0. The summed E-state index contributed by atoms with van der Waals surface area (Å²) < 4.78 is 0. The normalized spacial score (nSPS) is 21.6. The predicted octanol–water partition coefficient (Wildman–Crippen LogP) is -1.87. The topological polar surface area (TPSA) is 339 Å². The number of amides is 10. The molecule has 1 aromatic carbocycles. The van der Waals surface area contributed by atoms with Gasteiger partial charge in [0.2, 0.25) is 59.1 Å². The minimum atomic E-state index is -1.69. The molecule has 1 aromatic rings. The third-order valence-corrected chi connectivity index (χ3v) is 9.87. The molecule has 0 bridgehead atoms. The number of hydrogen-bond donors (Lipinski definition) is 10. The molecule has 1 aliphatic rings. The van der Waals surface area contributed by atoms with Gasteiger partial charge in [-0.25, -0.2) is 15.2 Å². The van der Waals surface area contributed by atoms with Gasteiger partial charge in [0.1, 0.15) is 36.3 Å². The minimum Gasteiger partial charge on any atom is -0.370 e. The number of carbonyl (C=O) groups excluding carboxylic acids is 10. The van der Waals surface area contributed by atoms with Gasteiger partial charge < -0.3 is 37.6 Å². The molecular weight excluding hydrogens is 828 g/mol. The molecule has 0 aromatic heterocycles. The first-order valence-corrected chi connectivity index (χ1v) is 20.6. The molecule has 350 valence electrons. The van der Waals surface area contributed by atoms with Crippen molar-refractivity contribution < 1.29 is 63.6 Å². The largest absolute Gasteiger partial charge is 0.370 e. The highest BCUT2D eigenvalue weighted by Gasteiger charge is 2.36. The molecule has 0 unspecified atom stereocenters. The number of benzene rings is 1. The van der Waals surface area contributed by atoms with Crippen LogP contribution in [0.4, 0.5) is 0 Å². The summed E-state index contributed by atoms with van der Waals surface area (Å²) in [5.74, 6) is -9.06.